The number of amides is 3. The van der Waals surface area contributed by atoms with Crippen molar-refractivity contribution in [3.8, 4) is 5.75 Å². The molecule has 1 aromatic heterocycles. The van der Waals surface area contributed by atoms with Crippen molar-refractivity contribution in [2.24, 2.45) is 11.5 Å². The van der Waals surface area contributed by atoms with Gasteiger partial charge in [0, 0.05) is 10.3 Å². The van der Waals surface area contributed by atoms with Crippen LogP contribution in [0.3, 0.4) is 0 Å². The highest BCUT2D eigenvalue weighted by Crippen LogP contribution is 2.37. The van der Waals surface area contributed by atoms with Crippen LogP contribution in [-0.2, 0) is 20.0 Å². The first-order valence-electron chi connectivity index (χ1n) is 8.32. The van der Waals surface area contributed by atoms with E-state index in [1.807, 2.05) is 37.4 Å². The third-order valence-electron chi connectivity index (χ3n) is 3.87. The van der Waals surface area contributed by atoms with Crippen LogP contribution in [0, 0.1) is 0 Å². The number of rotatable bonds is 7. The van der Waals surface area contributed by atoms with Gasteiger partial charge in [-0.1, -0.05) is 26.0 Å². The van der Waals surface area contributed by atoms with Crippen LogP contribution in [0.1, 0.15) is 31.2 Å². The van der Waals surface area contributed by atoms with E-state index in [-0.39, 0.29) is 22.5 Å². The minimum absolute atomic E-state index is 0.0465. The Balaban J connectivity index is 0.00000122. The highest BCUT2D eigenvalue weighted by Gasteiger charge is 2.28. The number of carbonyl (C=O) groups excluding carboxylic acids is 2. The summed E-state index contributed by atoms with van der Waals surface area (Å²) in [6.45, 7) is 6.18. The summed E-state index contributed by atoms with van der Waals surface area (Å²) in [5.41, 5.74) is 9.64. The van der Waals surface area contributed by atoms with Gasteiger partial charge in [-0.05, 0) is 36.1 Å². The van der Waals surface area contributed by atoms with E-state index in [2.05, 4.69) is 11.1 Å². The third-order valence-corrected chi connectivity index (χ3v) is 6.58. The van der Waals surface area contributed by atoms with Crippen molar-refractivity contribution >= 4 is 33.6 Å². The molecule has 2 aromatic rings. The molecule has 0 unspecified atom stereocenters. The second-order valence-corrected chi connectivity index (χ2v) is 9.04. The van der Waals surface area contributed by atoms with E-state index in [0.717, 1.165) is 10.4 Å². The van der Waals surface area contributed by atoms with Gasteiger partial charge in [0.1, 0.15) is 16.5 Å². The highest BCUT2D eigenvalue weighted by molar-refractivity contribution is 7.91. The minimum Gasteiger partial charge on any atom is -0.493 e. The standard InChI is InChI=1S/C17H22N2O4S2.CH3NO/c1-4-23-13-8-7-12(17(2,3)15-6-5-9-24-15)10-14(13)25(21,22)11-19-16(18)20;2-1-3/h5-10H,4,11H2,1-3H3,(H3,18,19,20);1H,(H2,2,3). The molecule has 154 valence electrons. The Morgan fingerprint density at radius 3 is 2.46 bits per heavy atom. The van der Waals surface area contributed by atoms with Crippen molar-refractivity contribution in [2.45, 2.75) is 31.1 Å². The first-order chi connectivity index (χ1) is 13.1. The van der Waals surface area contributed by atoms with Crippen molar-refractivity contribution in [2.75, 3.05) is 12.5 Å². The van der Waals surface area contributed by atoms with E-state index < -0.39 is 21.7 Å². The predicted octanol–water partition coefficient (Wildman–Crippen LogP) is 1.97. The number of hydrogen-bond donors (Lipinski definition) is 3. The summed E-state index contributed by atoms with van der Waals surface area (Å²) in [6, 6.07) is 8.23. The zero-order valence-electron chi connectivity index (χ0n) is 16.0. The van der Waals surface area contributed by atoms with Gasteiger partial charge in [0.2, 0.25) is 6.41 Å². The Bertz CT molecular complexity index is 894. The van der Waals surface area contributed by atoms with Crippen molar-refractivity contribution in [1.29, 1.82) is 0 Å². The molecule has 2 rings (SSSR count). The lowest BCUT2D eigenvalue weighted by Gasteiger charge is -2.25. The molecular weight excluding hydrogens is 402 g/mol. The van der Waals surface area contributed by atoms with Crippen molar-refractivity contribution in [1.82, 2.24) is 5.32 Å². The smallest absolute Gasteiger partial charge is 0.313 e. The molecule has 0 atom stereocenters. The first kappa shape index (κ1) is 23.4. The van der Waals surface area contributed by atoms with Crippen LogP contribution in [-0.4, -0.2) is 33.3 Å². The molecule has 0 bridgehead atoms. The molecule has 0 aliphatic heterocycles. The van der Waals surface area contributed by atoms with Crippen LogP contribution in [0.25, 0.3) is 0 Å². The zero-order valence-corrected chi connectivity index (χ0v) is 17.6. The van der Waals surface area contributed by atoms with Gasteiger partial charge in [0.15, 0.2) is 9.84 Å². The van der Waals surface area contributed by atoms with Gasteiger partial charge in [-0.2, -0.15) is 0 Å². The zero-order chi connectivity index (χ0) is 21.4. The number of hydrogen-bond acceptors (Lipinski definition) is 6. The molecule has 0 radical (unpaired) electrons. The first-order valence-corrected chi connectivity index (χ1v) is 10.9. The number of carbonyl (C=O) groups is 2. The van der Waals surface area contributed by atoms with Gasteiger partial charge < -0.3 is 21.5 Å². The van der Waals surface area contributed by atoms with E-state index in [1.54, 1.807) is 30.4 Å². The molecule has 0 saturated heterocycles. The van der Waals surface area contributed by atoms with Crippen molar-refractivity contribution in [3.05, 3.63) is 46.2 Å². The fraction of sp³-hybridized carbons (Fsp3) is 0.333. The summed E-state index contributed by atoms with van der Waals surface area (Å²) in [5, 5.41) is 4.12. The summed E-state index contributed by atoms with van der Waals surface area (Å²) in [4.78, 5) is 20.6. The molecule has 0 aliphatic carbocycles. The van der Waals surface area contributed by atoms with Crippen LogP contribution >= 0.6 is 11.3 Å². The third kappa shape index (κ3) is 5.96. The largest absolute Gasteiger partial charge is 0.493 e. The molecule has 0 saturated carbocycles. The number of sulfone groups is 1. The number of urea groups is 1. The van der Waals surface area contributed by atoms with Crippen LogP contribution in [0.4, 0.5) is 4.79 Å². The average Bonchev–Trinajstić information content (AvgIpc) is 3.17. The SMILES string of the molecule is CCOc1ccc(C(C)(C)c2cccs2)cc1S(=O)(=O)CNC(N)=O.NC=O. The molecule has 0 spiro atoms. The van der Waals surface area contributed by atoms with Crippen LogP contribution < -0.4 is 21.5 Å². The van der Waals surface area contributed by atoms with Crippen LogP contribution in [0.5, 0.6) is 5.75 Å². The lowest BCUT2D eigenvalue weighted by molar-refractivity contribution is -0.106. The molecule has 28 heavy (non-hydrogen) atoms. The number of thiophene rings is 1. The van der Waals surface area contributed by atoms with E-state index in [1.165, 1.54) is 0 Å². The number of nitrogens with one attached hydrogen (secondary N) is 1. The maximum absolute atomic E-state index is 12.7. The molecule has 3 amide bonds. The van der Waals surface area contributed by atoms with Gasteiger partial charge in [-0.3, -0.25) is 4.79 Å². The molecule has 8 nitrogen and oxygen atoms in total. The maximum atomic E-state index is 12.7. The Morgan fingerprint density at radius 1 is 1.32 bits per heavy atom. The lowest BCUT2D eigenvalue weighted by Crippen LogP contribution is -2.34. The van der Waals surface area contributed by atoms with E-state index >= 15 is 0 Å². The topological polar surface area (TPSA) is 142 Å². The van der Waals surface area contributed by atoms with E-state index in [0.29, 0.717) is 6.61 Å². The summed E-state index contributed by atoms with van der Waals surface area (Å²) in [5.74, 6) is -0.315. The summed E-state index contributed by atoms with van der Waals surface area (Å²) in [7, 11) is -3.79. The molecule has 0 aliphatic rings. The fourth-order valence-corrected chi connectivity index (χ4v) is 4.54. The van der Waals surface area contributed by atoms with E-state index in [9.17, 15) is 13.2 Å². The van der Waals surface area contributed by atoms with Crippen molar-refractivity contribution < 1.29 is 22.7 Å². The number of primary amides is 2. The summed E-state index contributed by atoms with van der Waals surface area (Å²) < 4.78 is 30.8. The summed E-state index contributed by atoms with van der Waals surface area (Å²) in [6.07, 6.45) is 0.250. The Labute approximate surface area is 168 Å². The van der Waals surface area contributed by atoms with Crippen LogP contribution in [0.15, 0.2) is 40.6 Å². The van der Waals surface area contributed by atoms with Gasteiger partial charge in [-0.25, -0.2) is 13.2 Å². The van der Waals surface area contributed by atoms with Gasteiger partial charge in [0.05, 0.1) is 6.61 Å². The van der Waals surface area contributed by atoms with Gasteiger partial charge in [-0.15, -0.1) is 11.3 Å². The minimum atomic E-state index is -3.79. The Kier molecular flexibility index (Phi) is 8.45. The van der Waals surface area contributed by atoms with Gasteiger partial charge in [0.25, 0.3) is 0 Å². The number of benzene rings is 1. The molecule has 0 fully saturated rings. The molecule has 1 heterocycles. The monoisotopic (exact) mass is 427 g/mol. The van der Waals surface area contributed by atoms with E-state index in [4.69, 9.17) is 15.3 Å². The summed E-state index contributed by atoms with van der Waals surface area (Å²) >= 11 is 1.61. The Hall–Kier alpha value is -2.59. The van der Waals surface area contributed by atoms with Crippen molar-refractivity contribution in [3.63, 3.8) is 0 Å². The average molecular weight is 428 g/mol. The molecule has 1 aromatic carbocycles. The second kappa shape index (κ2) is 10.1. The molecule has 10 heteroatoms. The Morgan fingerprint density at radius 2 is 1.96 bits per heavy atom. The fourth-order valence-electron chi connectivity index (χ4n) is 2.43. The predicted molar refractivity (Wildman–Crippen MR) is 109 cm³/mol. The maximum Gasteiger partial charge on any atom is 0.313 e. The van der Waals surface area contributed by atoms with Gasteiger partial charge >= 0.3 is 6.03 Å². The lowest BCUT2D eigenvalue weighted by atomic mass is 9.83. The number of ether oxygens (including phenoxy) is 1. The highest BCUT2D eigenvalue weighted by atomic mass is 32.2. The molecular formula is C18H25N3O5S2. The van der Waals surface area contributed by atoms with Crippen LogP contribution in [0.2, 0.25) is 0 Å². The number of nitrogens with two attached hydrogens (primary N) is 2. The second-order valence-electron chi connectivity index (χ2n) is 6.13. The molecule has 5 N–H and O–H groups in total. The normalized spacial score (nSPS) is 11.1. The quantitative estimate of drug-likeness (QED) is 0.579.